The Morgan fingerprint density at radius 2 is 2.07 bits per heavy atom. The Morgan fingerprint density at radius 1 is 1.30 bits per heavy atom. The number of guanidine groups is 1. The second kappa shape index (κ2) is 10.5. The van der Waals surface area contributed by atoms with E-state index in [1.54, 1.807) is 25.2 Å². The van der Waals surface area contributed by atoms with Crippen molar-refractivity contribution in [1.29, 1.82) is 0 Å². The van der Waals surface area contributed by atoms with Crippen molar-refractivity contribution < 1.29 is 9.13 Å². The molecule has 1 unspecified atom stereocenters. The average Bonchev–Trinajstić information content (AvgIpc) is 3.08. The topological polar surface area (TPSA) is 63.5 Å². The van der Waals surface area contributed by atoms with Crippen molar-refractivity contribution >= 4 is 5.96 Å². The van der Waals surface area contributed by atoms with Crippen molar-refractivity contribution in [1.82, 2.24) is 20.2 Å². The van der Waals surface area contributed by atoms with Crippen LogP contribution in [0.4, 0.5) is 4.39 Å². The van der Waals surface area contributed by atoms with Crippen LogP contribution < -0.4 is 15.4 Å². The van der Waals surface area contributed by atoms with Gasteiger partial charge < -0.3 is 19.9 Å². The number of rotatable bonds is 9. The van der Waals surface area contributed by atoms with Crippen LogP contribution >= 0.6 is 0 Å². The standard InChI is InChI=1S/C20H30FN5O/c1-5-16(27-18-9-7-6-8-17(18)21)12-24-20(22-4)25-13-19-23-10-11-26(19)14-15(2)3/h6-11,15-16H,5,12-14H2,1-4H3,(H2,22,24,25). The molecule has 0 saturated heterocycles. The van der Waals surface area contributed by atoms with Crippen LogP contribution in [-0.2, 0) is 13.1 Å². The summed E-state index contributed by atoms with van der Waals surface area (Å²) in [6, 6.07) is 6.45. The minimum Gasteiger partial charge on any atom is -0.486 e. The Balaban J connectivity index is 1.85. The minimum absolute atomic E-state index is 0.164. The Kier molecular flexibility index (Phi) is 8.10. The summed E-state index contributed by atoms with van der Waals surface area (Å²) in [6.45, 7) is 8.38. The van der Waals surface area contributed by atoms with Gasteiger partial charge >= 0.3 is 0 Å². The van der Waals surface area contributed by atoms with Crippen LogP contribution in [0.5, 0.6) is 5.75 Å². The molecule has 1 aromatic carbocycles. The molecule has 0 amide bonds. The summed E-state index contributed by atoms with van der Waals surface area (Å²) in [6.07, 6.45) is 4.38. The van der Waals surface area contributed by atoms with E-state index in [1.807, 2.05) is 19.3 Å². The number of benzene rings is 1. The zero-order chi connectivity index (χ0) is 19.6. The molecular formula is C20H30FN5O. The third-order valence-corrected chi connectivity index (χ3v) is 4.08. The van der Waals surface area contributed by atoms with Gasteiger partial charge in [-0.25, -0.2) is 9.37 Å². The van der Waals surface area contributed by atoms with Gasteiger partial charge in [-0.2, -0.15) is 0 Å². The molecule has 7 heteroatoms. The summed E-state index contributed by atoms with van der Waals surface area (Å²) in [5.74, 6) is 2.09. The summed E-state index contributed by atoms with van der Waals surface area (Å²) < 4.78 is 21.7. The summed E-state index contributed by atoms with van der Waals surface area (Å²) in [5.41, 5.74) is 0. The maximum absolute atomic E-state index is 13.8. The molecule has 27 heavy (non-hydrogen) atoms. The van der Waals surface area contributed by atoms with Crippen molar-refractivity contribution in [3.63, 3.8) is 0 Å². The number of ether oxygens (including phenoxy) is 1. The minimum atomic E-state index is -0.351. The van der Waals surface area contributed by atoms with E-state index in [4.69, 9.17) is 4.74 Å². The lowest BCUT2D eigenvalue weighted by atomic mass is 10.2. The Morgan fingerprint density at radius 3 is 2.74 bits per heavy atom. The van der Waals surface area contributed by atoms with E-state index < -0.39 is 0 Å². The molecule has 0 bridgehead atoms. The Bertz CT molecular complexity index is 729. The number of para-hydroxylation sites is 1. The van der Waals surface area contributed by atoms with Crippen LogP contribution in [0.25, 0.3) is 0 Å². The molecule has 2 rings (SSSR count). The molecule has 0 saturated carbocycles. The van der Waals surface area contributed by atoms with E-state index in [0.717, 1.165) is 18.8 Å². The predicted molar refractivity (Wildman–Crippen MR) is 106 cm³/mol. The zero-order valence-electron chi connectivity index (χ0n) is 16.6. The normalized spacial score (nSPS) is 12.9. The molecule has 0 spiro atoms. The molecule has 2 N–H and O–H groups in total. The molecule has 6 nitrogen and oxygen atoms in total. The van der Waals surface area contributed by atoms with E-state index in [-0.39, 0.29) is 17.7 Å². The SMILES string of the molecule is CCC(CNC(=NC)NCc1nccn1CC(C)C)Oc1ccccc1F. The largest absolute Gasteiger partial charge is 0.486 e. The smallest absolute Gasteiger partial charge is 0.191 e. The second-order valence-electron chi connectivity index (χ2n) is 6.77. The first-order valence-electron chi connectivity index (χ1n) is 9.39. The van der Waals surface area contributed by atoms with Crippen molar-refractivity contribution in [2.75, 3.05) is 13.6 Å². The highest BCUT2D eigenvalue weighted by atomic mass is 19.1. The van der Waals surface area contributed by atoms with Crippen molar-refractivity contribution in [2.24, 2.45) is 10.9 Å². The fourth-order valence-electron chi connectivity index (χ4n) is 2.65. The van der Waals surface area contributed by atoms with Gasteiger partial charge in [-0.05, 0) is 24.5 Å². The molecule has 0 aliphatic heterocycles. The molecule has 0 fully saturated rings. The lowest BCUT2D eigenvalue weighted by Crippen LogP contribution is -2.42. The van der Waals surface area contributed by atoms with Crippen molar-refractivity contribution in [2.45, 2.75) is 46.4 Å². The highest BCUT2D eigenvalue weighted by Crippen LogP contribution is 2.17. The number of aliphatic imine (C=N–C) groups is 1. The molecule has 0 radical (unpaired) electrons. The van der Waals surface area contributed by atoms with Crippen LogP contribution in [0.1, 0.15) is 33.0 Å². The molecule has 0 aliphatic carbocycles. The van der Waals surface area contributed by atoms with Gasteiger partial charge in [0.1, 0.15) is 11.9 Å². The van der Waals surface area contributed by atoms with E-state index >= 15 is 0 Å². The molecule has 1 aromatic heterocycles. The highest BCUT2D eigenvalue weighted by Gasteiger charge is 2.12. The Labute approximate surface area is 160 Å². The number of nitrogens with zero attached hydrogens (tertiary/aromatic N) is 3. The maximum Gasteiger partial charge on any atom is 0.191 e. The third-order valence-electron chi connectivity index (χ3n) is 4.08. The number of imidazole rings is 1. The van der Waals surface area contributed by atoms with Crippen LogP contribution in [0, 0.1) is 11.7 Å². The van der Waals surface area contributed by atoms with Gasteiger partial charge in [0, 0.05) is 26.0 Å². The van der Waals surface area contributed by atoms with Gasteiger partial charge in [-0.3, -0.25) is 4.99 Å². The number of aromatic nitrogens is 2. The maximum atomic E-state index is 13.8. The van der Waals surface area contributed by atoms with Gasteiger partial charge in [-0.15, -0.1) is 0 Å². The quantitative estimate of drug-likeness (QED) is 0.522. The summed E-state index contributed by atoms with van der Waals surface area (Å²) in [4.78, 5) is 8.64. The number of halogens is 1. The first kappa shape index (κ1) is 20.7. The van der Waals surface area contributed by atoms with Gasteiger partial charge in [0.2, 0.25) is 0 Å². The number of hydrogen-bond acceptors (Lipinski definition) is 3. The van der Waals surface area contributed by atoms with Crippen LogP contribution in [0.2, 0.25) is 0 Å². The molecule has 0 aliphatic rings. The number of hydrogen-bond donors (Lipinski definition) is 2. The molecule has 1 heterocycles. The monoisotopic (exact) mass is 375 g/mol. The van der Waals surface area contributed by atoms with E-state index in [1.165, 1.54) is 6.07 Å². The molecule has 148 valence electrons. The molecule has 1 atom stereocenters. The van der Waals surface area contributed by atoms with E-state index in [9.17, 15) is 4.39 Å². The molecule has 2 aromatic rings. The van der Waals surface area contributed by atoms with E-state index in [2.05, 4.69) is 39.0 Å². The van der Waals surface area contributed by atoms with Crippen molar-refractivity contribution in [3.05, 3.63) is 48.3 Å². The summed E-state index contributed by atoms with van der Waals surface area (Å²) >= 11 is 0. The molecular weight excluding hydrogens is 345 g/mol. The van der Waals surface area contributed by atoms with Gasteiger partial charge in [0.15, 0.2) is 17.5 Å². The lowest BCUT2D eigenvalue weighted by molar-refractivity contribution is 0.191. The first-order valence-corrected chi connectivity index (χ1v) is 9.39. The first-order chi connectivity index (χ1) is 13.0. The second-order valence-corrected chi connectivity index (χ2v) is 6.77. The Hall–Kier alpha value is -2.57. The van der Waals surface area contributed by atoms with Gasteiger partial charge in [0.05, 0.1) is 13.1 Å². The van der Waals surface area contributed by atoms with Crippen LogP contribution in [0.15, 0.2) is 41.7 Å². The fraction of sp³-hybridized carbons (Fsp3) is 0.500. The zero-order valence-corrected chi connectivity index (χ0v) is 16.6. The number of nitrogens with one attached hydrogen (secondary N) is 2. The predicted octanol–water partition coefficient (Wildman–Crippen LogP) is 3.20. The van der Waals surface area contributed by atoms with Crippen molar-refractivity contribution in [3.8, 4) is 5.75 Å². The summed E-state index contributed by atoms with van der Waals surface area (Å²) in [5, 5.41) is 6.50. The summed E-state index contributed by atoms with van der Waals surface area (Å²) in [7, 11) is 1.72. The van der Waals surface area contributed by atoms with Crippen LogP contribution in [-0.4, -0.2) is 35.2 Å². The van der Waals surface area contributed by atoms with Gasteiger partial charge in [-0.1, -0.05) is 32.9 Å². The average molecular weight is 375 g/mol. The third kappa shape index (κ3) is 6.58. The lowest BCUT2D eigenvalue weighted by Gasteiger charge is -2.20. The highest BCUT2D eigenvalue weighted by molar-refractivity contribution is 5.79. The van der Waals surface area contributed by atoms with E-state index in [0.29, 0.717) is 25.0 Å². The fourth-order valence-corrected chi connectivity index (χ4v) is 2.65. The van der Waals surface area contributed by atoms with Crippen LogP contribution in [0.3, 0.4) is 0 Å². The van der Waals surface area contributed by atoms with Gasteiger partial charge in [0.25, 0.3) is 0 Å².